The fourth-order valence-corrected chi connectivity index (χ4v) is 10.7. The molecule has 14 rings (SSSR count). The quantitative estimate of drug-likeness (QED) is 0.145. The van der Waals surface area contributed by atoms with Crippen molar-refractivity contribution < 1.29 is 4.42 Å². The van der Waals surface area contributed by atoms with Crippen LogP contribution in [0.15, 0.2) is 271 Å². The summed E-state index contributed by atoms with van der Waals surface area (Å²) in [5, 5.41) is 4.42. The van der Waals surface area contributed by atoms with E-state index in [2.05, 4.69) is 247 Å². The normalized spacial score (nSPS) is 11.5. The first-order valence-electron chi connectivity index (χ1n) is 25.0. The number of benzene rings is 11. The molecule has 0 saturated heterocycles. The van der Waals surface area contributed by atoms with Gasteiger partial charge in [0.25, 0.3) is 0 Å². The average Bonchev–Trinajstić information content (AvgIpc) is 4.05. The van der Waals surface area contributed by atoms with Gasteiger partial charge in [-0.05, 0) is 128 Å². The van der Waals surface area contributed by atoms with E-state index >= 15 is 0 Å². The van der Waals surface area contributed by atoms with Crippen molar-refractivity contribution in [2.75, 3.05) is 0 Å². The predicted octanol–water partition coefficient (Wildman–Crippen LogP) is 18.2. The van der Waals surface area contributed by atoms with E-state index in [9.17, 15) is 0 Å². The second-order valence-electron chi connectivity index (χ2n) is 18.7. The van der Waals surface area contributed by atoms with Crippen LogP contribution in [0.3, 0.4) is 0 Å². The second-order valence-corrected chi connectivity index (χ2v) is 18.7. The Morgan fingerprint density at radius 1 is 0.270 bits per heavy atom. The molecule has 14 aromatic rings. The lowest BCUT2D eigenvalue weighted by atomic mass is 9.93. The number of nitrogens with zero attached hydrogens (tertiary/aromatic N) is 4. The summed E-state index contributed by atoms with van der Waals surface area (Å²) in [6.07, 6.45) is 0. The van der Waals surface area contributed by atoms with Crippen LogP contribution in [-0.4, -0.2) is 19.5 Å². The van der Waals surface area contributed by atoms with Crippen molar-refractivity contribution in [1.82, 2.24) is 19.5 Å². The molecule has 0 atom stereocenters. The Bertz CT molecular complexity index is 4350. The van der Waals surface area contributed by atoms with Gasteiger partial charge >= 0.3 is 0 Å². The van der Waals surface area contributed by atoms with E-state index in [1.165, 1.54) is 21.9 Å². The molecular weight excluding hydrogens is 901 g/mol. The highest BCUT2D eigenvalue weighted by atomic mass is 16.3. The van der Waals surface area contributed by atoms with Gasteiger partial charge in [-0.15, -0.1) is 0 Å². The number of hydrogen-bond donors (Lipinski definition) is 0. The molecule has 0 saturated carbocycles. The Balaban J connectivity index is 0.952. The molecule has 0 spiro atoms. The van der Waals surface area contributed by atoms with Crippen LogP contribution in [0.4, 0.5) is 0 Å². The molecule has 346 valence electrons. The maximum Gasteiger partial charge on any atom is 0.167 e. The summed E-state index contributed by atoms with van der Waals surface area (Å²) < 4.78 is 9.00. The van der Waals surface area contributed by atoms with Crippen molar-refractivity contribution >= 4 is 43.7 Å². The van der Waals surface area contributed by atoms with Gasteiger partial charge in [-0.25, -0.2) is 15.0 Å². The van der Waals surface area contributed by atoms with E-state index < -0.39 is 0 Å². The van der Waals surface area contributed by atoms with Crippen molar-refractivity contribution in [3.8, 4) is 95.5 Å². The number of fused-ring (bicyclic) bond motifs is 6. The van der Waals surface area contributed by atoms with Gasteiger partial charge in [-0.3, -0.25) is 0 Å². The number of furan rings is 1. The fraction of sp³-hybridized carbons (Fsp3) is 0. The summed E-state index contributed by atoms with van der Waals surface area (Å²) in [6.45, 7) is 0. The summed E-state index contributed by atoms with van der Waals surface area (Å²) >= 11 is 0. The molecule has 0 aliphatic carbocycles. The van der Waals surface area contributed by atoms with Gasteiger partial charge in [0, 0.05) is 38.4 Å². The first-order valence-corrected chi connectivity index (χ1v) is 25.0. The number of rotatable bonds is 9. The third-order valence-corrected chi connectivity index (χ3v) is 14.2. The Morgan fingerprint density at radius 2 is 0.730 bits per heavy atom. The van der Waals surface area contributed by atoms with Gasteiger partial charge in [0.1, 0.15) is 11.2 Å². The summed E-state index contributed by atoms with van der Waals surface area (Å²) in [6, 6.07) is 94.3. The molecule has 0 amide bonds. The first kappa shape index (κ1) is 42.9. The van der Waals surface area contributed by atoms with E-state index in [1.807, 2.05) is 24.3 Å². The van der Waals surface area contributed by atoms with Crippen LogP contribution < -0.4 is 0 Å². The molecule has 11 aromatic carbocycles. The Labute approximate surface area is 428 Å². The van der Waals surface area contributed by atoms with Crippen molar-refractivity contribution in [2.45, 2.75) is 0 Å². The summed E-state index contributed by atoms with van der Waals surface area (Å²) in [7, 11) is 0. The van der Waals surface area contributed by atoms with E-state index in [1.54, 1.807) is 0 Å². The lowest BCUT2D eigenvalue weighted by Gasteiger charge is -2.13. The molecule has 74 heavy (non-hydrogen) atoms. The van der Waals surface area contributed by atoms with Crippen LogP contribution in [0, 0.1) is 0 Å². The van der Waals surface area contributed by atoms with Gasteiger partial charge in [-0.2, -0.15) is 0 Å². The van der Waals surface area contributed by atoms with Crippen LogP contribution >= 0.6 is 0 Å². The largest absolute Gasteiger partial charge is 0.455 e. The molecule has 0 unspecified atom stereocenters. The SMILES string of the molecule is c1ccc(-c2cc(-c3ccccc3)cc(-c3cccc(-c4nc(-c5cccc(-c6cccc7c6c6cc(-c8ccccc8)ccc6n7-c6ccccc6)c5)nc(-c5cccc6c5oc5ccccc56)n4)c3)c2)cc1. The Kier molecular flexibility index (Phi) is 10.4. The maximum absolute atomic E-state index is 6.62. The number of aromatic nitrogens is 4. The third-order valence-electron chi connectivity index (χ3n) is 14.2. The minimum absolute atomic E-state index is 0.532. The van der Waals surface area contributed by atoms with Crippen LogP contribution in [0.2, 0.25) is 0 Å². The smallest absolute Gasteiger partial charge is 0.167 e. The first-order chi connectivity index (χ1) is 36.7. The molecule has 0 radical (unpaired) electrons. The third kappa shape index (κ3) is 7.63. The van der Waals surface area contributed by atoms with Crippen LogP contribution in [-0.2, 0) is 0 Å². The Hall–Kier alpha value is -9.97. The molecule has 0 N–H and O–H groups in total. The minimum atomic E-state index is 0.532. The molecule has 3 aromatic heterocycles. The molecule has 0 bridgehead atoms. The molecule has 5 heteroatoms. The van der Waals surface area contributed by atoms with E-state index in [0.717, 1.165) is 99.9 Å². The Morgan fingerprint density at radius 3 is 1.41 bits per heavy atom. The highest BCUT2D eigenvalue weighted by Gasteiger charge is 2.21. The van der Waals surface area contributed by atoms with Gasteiger partial charge < -0.3 is 8.98 Å². The van der Waals surface area contributed by atoms with Crippen molar-refractivity contribution in [2.24, 2.45) is 0 Å². The van der Waals surface area contributed by atoms with Crippen LogP contribution in [0.1, 0.15) is 0 Å². The highest BCUT2D eigenvalue weighted by Crippen LogP contribution is 2.42. The van der Waals surface area contributed by atoms with E-state index in [0.29, 0.717) is 17.5 Å². The average molecular weight is 945 g/mol. The summed E-state index contributed by atoms with van der Waals surface area (Å²) in [4.78, 5) is 16.0. The molecule has 0 aliphatic rings. The van der Waals surface area contributed by atoms with Crippen molar-refractivity contribution in [1.29, 1.82) is 0 Å². The van der Waals surface area contributed by atoms with Gasteiger partial charge in [0.05, 0.1) is 16.6 Å². The minimum Gasteiger partial charge on any atom is -0.455 e. The standard InChI is InChI=1S/C69H44N4O/c1-5-19-45(20-6-1)49-37-38-62-61(44-49)65-57(32-18-35-63(65)73(62)56-29-11-4-12-30-56)50-26-16-28-52(40-50)68-70-67(71-69(72-68)60-34-17-33-59-58-31-13-14-36-64(58)74-66(59)60)51-27-15-25-48(39-51)55-42-53(46-21-7-2-8-22-46)41-54(43-55)47-23-9-3-10-24-47/h1-44H. The highest BCUT2D eigenvalue weighted by molar-refractivity contribution is 6.17. The zero-order valence-electron chi connectivity index (χ0n) is 40.1. The predicted molar refractivity (Wildman–Crippen MR) is 305 cm³/mol. The van der Waals surface area contributed by atoms with Gasteiger partial charge in [-0.1, -0.05) is 194 Å². The summed E-state index contributed by atoms with van der Waals surface area (Å²) in [5.41, 5.74) is 18.8. The van der Waals surface area contributed by atoms with Crippen molar-refractivity contribution in [3.63, 3.8) is 0 Å². The zero-order valence-corrected chi connectivity index (χ0v) is 40.1. The molecule has 0 aliphatic heterocycles. The van der Waals surface area contributed by atoms with E-state index in [4.69, 9.17) is 19.4 Å². The van der Waals surface area contributed by atoms with Gasteiger partial charge in [0.2, 0.25) is 0 Å². The molecule has 0 fully saturated rings. The fourth-order valence-electron chi connectivity index (χ4n) is 10.7. The monoisotopic (exact) mass is 944 g/mol. The molecule has 3 heterocycles. The maximum atomic E-state index is 6.62. The van der Waals surface area contributed by atoms with Crippen LogP contribution in [0.25, 0.3) is 139 Å². The number of para-hydroxylation sites is 3. The topological polar surface area (TPSA) is 56.7 Å². The van der Waals surface area contributed by atoms with Crippen molar-refractivity contribution in [3.05, 3.63) is 267 Å². The molecular formula is C69H44N4O. The lowest BCUT2D eigenvalue weighted by molar-refractivity contribution is 0.669. The second kappa shape index (κ2) is 18.0. The van der Waals surface area contributed by atoms with Crippen LogP contribution in [0.5, 0.6) is 0 Å². The number of hydrogen-bond acceptors (Lipinski definition) is 4. The van der Waals surface area contributed by atoms with E-state index in [-0.39, 0.29) is 0 Å². The van der Waals surface area contributed by atoms with Gasteiger partial charge in [0.15, 0.2) is 17.5 Å². The molecule has 5 nitrogen and oxygen atoms in total. The lowest BCUT2D eigenvalue weighted by Crippen LogP contribution is -2.00. The zero-order chi connectivity index (χ0) is 49.0. The summed E-state index contributed by atoms with van der Waals surface area (Å²) in [5.74, 6) is 1.66.